The maximum Gasteiger partial charge on any atom is 0.264 e. The highest BCUT2D eigenvalue weighted by atomic mass is 79.9. The van der Waals surface area contributed by atoms with Gasteiger partial charge in [0.05, 0.1) is 0 Å². The molecule has 5 heteroatoms. The summed E-state index contributed by atoms with van der Waals surface area (Å²) in [4.78, 5) is 0.321. The molecule has 0 amide bonds. The minimum atomic E-state index is -3.39. The minimum absolute atomic E-state index is 0.321. The number of sulfonamides is 1. The number of benzene rings is 1. The number of hydrogen-bond donors (Lipinski definition) is 0. The van der Waals surface area contributed by atoms with Gasteiger partial charge in [-0.2, -0.15) is 0 Å². The van der Waals surface area contributed by atoms with E-state index in [1.165, 1.54) is 4.31 Å². The highest BCUT2D eigenvalue weighted by Crippen LogP contribution is 2.26. The first kappa shape index (κ1) is 11.7. The maximum atomic E-state index is 12.3. The molecule has 1 aromatic rings. The molecule has 0 aromatic heterocycles. The van der Waals surface area contributed by atoms with Crippen molar-refractivity contribution >= 4 is 26.0 Å². The quantitative estimate of drug-likeness (QED) is 0.842. The van der Waals surface area contributed by atoms with E-state index in [9.17, 15) is 8.42 Å². The van der Waals surface area contributed by atoms with Crippen molar-refractivity contribution in [1.82, 2.24) is 4.31 Å². The van der Waals surface area contributed by atoms with Crippen LogP contribution in [0.5, 0.6) is 0 Å². The Kier molecular flexibility index (Phi) is 3.35. The zero-order chi connectivity index (χ0) is 11.6. The van der Waals surface area contributed by atoms with Crippen LogP contribution < -0.4 is 0 Å². The molecule has 2 rings (SSSR count). The van der Waals surface area contributed by atoms with Crippen molar-refractivity contribution in [2.45, 2.75) is 17.7 Å². The third kappa shape index (κ3) is 2.15. The van der Waals surface area contributed by atoms with E-state index in [0.29, 0.717) is 15.9 Å². The highest BCUT2D eigenvalue weighted by Gasteiger charge is 2.24. The fraction of sp³-hybridized carbons (Fsp3) is 0.273. The molecule has 0 atom stereocenters. The Morgan fingerprint density at radius 1 is 1.25 bits per heavy atom. The van der Waals surface area contributed by atoms with Gasteiger partial charge in [-0.3, -0.25) is 4.31 Å². The third-order valence-electron chi connectivity index (χ3n) is 2.44. The number of rotatable bonds is 2. The van der Waals surface area contributed by atoms with E-state index in [1.807, 2.05) is 6.08 Å². The van der Waals surface area contributed by atoms with Gasteiger partial charge in [0.2, 0.25) is 0 Å². The van der Waals surface area contributed by atoms with Crippen LogP contribution in [0.25, 0.3) is 0 Å². The molecule has 1 aliphatic heterocycles. The predicted octanol–water partition coefficient (Wildman–Crippen LogP) is 2.75. The van der Waals surface area contributed by atoms with Crippen LogP contribution in [0.15, 0.2) is 45.9 Å². The lowest BCUT2D eigenvalue weighted by molar-refractivity contribution is 0.476. The fourth-order valence-corrected chi connectivity index (χ4v) is 3.94. The molecule has 0 saturated heterocycles. The monoisotopic (exact) mass is 301 g/mol. The zero-order valence-corrected chi connectivity index (χ0v) is 11.0. The molecule has 1 aliphatic rings. The average Bonchev–Trinajstić information content (AvgIpc) is 2.30. The second-order valence-electron chi connectivity index (χ2n) is 3.57. The van der Waals surface area contributed by atoms with E-state index in [-0.39, 0.29) is 0 Å². The van der Waals surface area contributed by atoms with E-state index >= 15 is 0 Å². The van der Waals surface area contributed by atoms with Gasteiger partial charge in [0.15, 0.2) is 0 Å². The topological polar surface area (TPSA) is 37.4 Å². The van der Waals surface area contributed by atoms with Gasteiger partial charge in [0, 0.05) is 17.2 Å². The smallest absolute Gasteiger partial charge is 0.264 e. The molecule has 0 bridgehead atoms. The molecule has 3 nitrogen and oxygen atoms in total. The molecule has 0 aliphatic carbocycles. The molecule has 0 saturated carbocycles. The van der Waals surface area contributed by atoms with Crippen molar-refractivity contribution in [1.29, 1.82) is 0 Å². The van der Waals surface area contributed by atoms with Crippen LogP contribution in [-0.2, 0) is 10.0 Å². The molecular weight excluding hydrogens is 290 g/mol. The van der Waals surface area contributed by atoms with Gasteiger partial charge in [-0.1, -0.05) is 18.2 Å². The zero-order valence-electron chi connectivity index (χ0n) is 8.64. The Morgan fingerprint density at radius 2 is 2.00 bits per heavy atom. The summed E-state index contributed by atoms with van der Waals surface area (Å²) < 4.78 is 26.5. The predicted molar refractivity (Wildman–Crippen MR) is 66.4 cm³/mol. The van der Waals surface area contributed by atoms with Crippen LogP contribution in [0.2, 0.25) is 0 Å². The van der Waals surface area contributed by atoms with E-state index in [4.69, 9.17) is 0 Å². The van der Waals surface area contributed by atoms with Crippen molar-refractivity contribution in [2.24, 2.45) is 0 Å². The number of hydrogen-bond acceptors (Lipinski definition) is 2. The molecule has 1 aromatic carbocycles. The molecule has 86 valence electrons. The van der Waals surface area contributed by atoms with Crippen molar-refractivity contribution < 1.29 is 8.42 Å². The average molecular weight is 302 g/mol. The van der Waals surface area contributed by atoms with E-state index in [1.54, 1.807) is 30.5 Å². The van der Waals surface area contributed by atoms with Crippen LogP contribution in [-0.4, -0.2) is 19.3 Å². The van der Waals surface area contributed by atoms with Gasteiger partial charge in [-0.05, 0) is 40.9 Å². The van der Waals surface area contributed by atoms with Crippen molar-refractivity contribution in [3.8, 4) is 0 Å². The number of nitrogens with zero attached hydrogens (tertiary/aromatic N) is 1. The minimum Gasteiger partial charge on any atom is -0.274 e. The summed E-state index contributed by atoms with van der Waals surface area (Å²) in [6.45, 7) is 0.556. The van der Waals surface area contributed by atoms with E-state index in [2.05, 4.69) is 15.9 Å². The molecule has 0 N–H and O–H groups in total. The summed E-state index contributed by atoms with van der Waals surface area (Å²) in [5.74, 6) is 0. The van der Waals surface area contributed by atoms with Crippen LogP contribution in [0.3, 0.4) is 0 Å². The Bertz CT molecular complexity index is 510. The lowest BCUT2D eigenvalue weighted by Crippen LogP contribution is -2.28. The lowest BCUT2D eigenvalue weighted by Gasteiger charge is -2.23. The Balaban J connectivity index is 2.43. The summed E-state index contributed by atoms with van der Waals surface area (Å²) in [6, 6.07) is 6.88. The molecule has 1 heterocycles. The summed E-state index contributed by atoms with van der Waals surface area (Å²) >= 11 is 3.27. The van der Waals surface area contributed by atoms with Crippen LogP contribution in [0.4, 0.5) is 0 Å². The standard InChI is InChI=1S/C11H12BrNO2S/c12-10-6-2-3-7-11(10)16(14,15)13-8-4-1-5-9-13/h2-4,6-8H,1,5,9H2. The maximum absolute atomic E-state index is 12.3. The lowest BCUT2D eigenvalue weighted by atomic mass is 10.2. The second-order valence-corrected chi connectivity index (χ2v) is 6.29. The fourth-order valence-electron chi connectivity index (χ4n) is 1.61. The Morgan fingerprint density at radius 3 is 2.62 bits per heavy atom. The Labute approximate surface area is 104 Å². The van der Waals surface area contributed by atoms with Crippen LogP contribution in [0.1, 0.15) is 12.8 Å². The number of halogens is 1. The van der Waals surface area contributed by atoms with Crippen molar-refractivity contribution in [3.05, 3.63) is 41.0 Å². The SMILES string of the molecule is O=S(=O)(c1ccccc1Br)N1C=CCCC1. The number of allylic oxidation sites excluding steroid dienone is 1. The first-order valence-electron chi connectivity index (χ1n) is 5.05. The van der Waals surface area contributed by atoms with Crippen molar-refractivity contribution in [2.75, 3.05) is 6.54 Å². The highest BCUT2D eigenvalue weighted by molar-refractivity contribution is 9.10. The van der Waals surface area contributed by atoms with Gasteiger partial charge >= 0.3 is 0 Å². The molecular formula is C11H12BrNO2S. The molecule has 0 spiro atoms. The summed E-state index contributed by atoms with van der Waals surface area (Å²) in [7, 11) is -3.39. The molecule has 0 fully saturated rings. The van der Waals surface area contributed by atoms with Gasteiger partial charge in [0.1, 0.15) is 4.90 Å². The molecule has 0 radical (unpaired) electrons. The first-order chi connectivity index (χ1) is 7.62. The van der Waals surface area contributed by atoms with Crippen molar-refractivity contribution in [3.63, 3.8) is 0 Å². The van der Waals surface area contributed by atoms with Gasteiger partial charge in [0.25, 0.3) is 10.0 Å². The van der Waals surface area contributed by atoms with Crippen LogP contribution in [0, 0.1) is 0 Å². The third-order valence-corrected chi connectivity index (χ3v) is 5.23. The van der Waals surface area contributed by atoms with Gasteiger partial charge < -0.3 is 0 Å². The normalized spacial score (nSPS) is 16.4. The summed E-state index contributed by atoms with van der Waals surface area (Å²) in [5.41, 5.74) is 0. The molecule has 16 heavy (non-hydrogen) atoms. The van der Waals surface area contributed by atoms with E-state index in [0.717, 1.165) is 12.8 Å². The second kappa shape index (κ2) is 4.59. The van der Waals surface area contributed by atoms with Gasteiger partial charge in [-0.25, -0.2) is 8.42 Å². The van der Waals surface area contributed by atoms with Gasteiger partial charge in [-0.15, -0.1) is 0 Å². The summed E-state index contributed by atoms with van der Waals surface area (Å²) in [5, 5.41) is 0. The molecule has 0 unspecified atom stereocenters. The van der Waals surface area contributed by atoms with Crippen LogP contribution >= 0.6 is 15.9 Å². The largest absolute Gasteiger partial charge is 0.274 e. The summed E-state index contributed by atoms with van der Waals surface area (Å²) in [6.07, 6.45) is 5.36. The Hall–Kier alpha value is -0.810. The first-order valence-corrected chi connectivity index (χ1v) is 7.29. The van der Waals surface area contributed by atoms with E-state index < -0.39 is 10.0 Å².